The number of carbonyl (C=O) groups excluding carboxylic acids is 1. The monoisotopic (exact) mass is 605 g/mol. The average Bonchev–Trinajstić information content (AvgIpc) is 3.44. The number of nitrogens with one attached hydrogen (secondary N) is 2. The van der Waals surface area contributed by atoms with Gasteiger partial charge in [-0.1, -0.05) is 6.92 Å². The van der Waals surface area contributed by atoms with Gasteiger partial charge in [0.25, 0.3) is 0 Å². The van der Waals surface area contributed by atoms with Crippen LogP contribution >= 0.6 is 0 Å². The van der Waals surface area contributed by atoms with Crippen LogP contribution in [0.15, 0.2) is 67.0 Å². The molecule has 2 aromatic heterocycles. The van der Waals surface area contributed by atoms with Gasteiger partial charge in [-0.25, -0.2) is 19.7 Å². The highest BCUT2D eigenvalue weighted by molar-refractivity contribution is 6.02. The molecule has 1 atom stereocenters. The summed E-state index contributed by atoms with van der Waals surface area (Å²) in [5, 5.41) is 5.36. The summed E-state index contributed by atoms with van der Waals surface area (Å²) in [4.78, 5) is 30.4. The van der Waals surface area contributed by atoms with Gasteiger partial charge in [0.1, 0.15) is 11.6 Å². The number of ether oxygens (including phenoxy) is 1. The fourth-order valence-corrected chi connectivity index (χ4v) is 5.16. The number of urea groups is 1. The normalized spacial score (nSPS) is 15.2. The molecule has 0 unspecified atom stereocenters. The highest BCUT2D eigenvalue weighted by Gasteiger charge is 2.32. The summed E-state index contributed by atoms with van der Waals surface area (Å²) in [7, 11) is 3.83. The lowest BCUT2D eigenvalue weighted by molar-refractivity contribution is -0.137. The third-order valence-corrected chi connectivity index (χ3v) is 7.57. The van der Waals surface area contributed by atoms with Gasteiger partial charge >= 0.3 is 12.2 Å². The number of amides is 2. The van der Waals surface area contributed by atoms with Crippen molar-refractivity contribution < 1.29 is 22.7 Å². The maximum absolute atomic E-state index is 13.6. The Hall–Kier alpha value is -4.71. The lowest BCUT2D eigenvalue weighted by Gasteiger charge is -2.29. The van der Waals surface area contributed by atoms with Crippen molar-refractivity contribution >= 4 is 23.1 Å². The molecule has 1 saturated heterocycles. The number of benzene rings is 2. The Balaban J connectivity index is 1.33. The molecule has 4 aromatic rings. The molecule has 0 radical (unpaired) electrons. The zero-order valence-electron chi connectivity index (χ0n) is 24.9. The van der Waals surface area contributed by atoms with Crippen molar-refractivity contribution in [3.8, 4) is 22.9 Å². The SMILES string of the molecule is CCc1nccc(-c2cccnc2Oc2ccc(NC(=O)Nc3cc(C(F)(F)F)ccc3N(C)[C@@H]3CCN(C)C3)cc2C)n1. The number of halogens is 3. The van der Waals surface area contributed by atoms with E-state index >= 15 is 0 Å². The average molecular weight is 606 g/mol. The van der Waals surface area contributed by atoms with E-state index in [1.54, 1.807) is 42.7 Å². The maximum Gasteiger partial charge on any atom is 0.416 e. The summed E-state index contributed by atoms with van der Waals surface area (Å²) in [6.45, 7) is 5.46. The first-order valence-electron chi connectivity index (χ1n) is 14.3. The van der Waals surface area contributed by atoms with Gasteiger partial charge in [-0.15, -0.1) is 0 Å². The van der Waals surface area contributed by atoms with Gasteiger partial charge in [0.2, 0.25) is 5.88 Å². The lowest BCUT2D eigenvalue weighted by atomic mass is 10.1. The van der Waals surface area contributed by atoms with Gasteiger partial charge in [-0.05, 0) is 87.1 Å². The van der Waals surface area contributed by atoms with E-state index in [0.29, 0.717) is 52.1 Å². The number of likely N-dealkylation sites (N-methyl/N-ethyl adjacent to an activating group) is 2. The van der Waals surface area contributed by atoms with Crippen LogP contribution in [0.5, 0.6) is 11.6 Å². The van der Waals surface area contributed by atoms with E-state index in [1.807, 2.05) is 38.9 Å². The smallest absolute Gasteiger partial charge is 0.416 e. The number of likely N-dealkylation sites (tertiary alicyclic amines) is 1. The number of aromatic nitrogens is 3. The van der Waals surface area contributed by atoms with Gasteiger partial charge < -0.3 is 25.2 Å². The van der Waals surface area contributed by atoms with E-state index in [9.17, 15) is 18.0 Å². The van der Waals surface area contributed by atoms with E-state index in [-0.39, 0.29) is 11.7 Å². The first kappa shape index (κ1) is 30.7. The van der Waals surface area contributed by atoms with E-state index in [2.05, 4.69) is 30.5 Å². The summed E-state index contributed by atoms with van der Waals surface area (Å²) in [6.07, 6.45) is 0.328. The second kappa shape index (κ2) is 12.9. The van der Waals surface area contributed by atoms with Gasteiger partial charge in [0.15, 0.2) is 0 Å². The molecular weight excluding hydrogens is 571 g/mol. The Morgan fingerprint density at radius 1 is 1.09 bits per heavy atom. The Bertz CT molecular complexity index is 1650. The molecule has 2 N–H and O–H groups in total. The number of anilines is 3. The van der Waals surface area contributed by atoms with Crippen LogP contribution in [0.1, 0.15) is 30.3 Å². The first-order chi connectivity index (χ1) is 21.0. The van der Waals surface area contributed by atoms with Crippen LogP contribution < -0.4 is 20.3 Å². The Labute approximate surface area is 254 Å². The highest BCUT2D eigenvalue weighted by atomic mass is 19.4. The van der Waals surface area contributed by atoms with Crippen LogP contribution in [0.2, 0.25) is 0 Å². The summed E-state index contributed by atoms with van der Waals surface area (Å²) in [5.41, 5.74) is 2.29. The van der Waals surface area contributed by atoms with Crippen molar-refractivity contribution in [2.24, 2.45) is 0 Å². The van der Waals surface area contributed by atoms with Crippen LogP contribution in [-0.2, 0) is 12.6 Å². The molecule has 1 aliphatic rings. The fraction of sp³-hybridized carbons (Fsp3) is 0.312. The summed E-state index contributed by atoms with van der Waals surface area (Å²) >= 11 is 0. The Morgan fingerprint density at radius 2 is 1.91 bits per heavy atom. The standard InChI is InChI=1S/C32H34F3N7O2/c1-5-29-36-15-12-25(39-29)24-7-6-14-37-30(24)44-28-11-9-22(17-20(28)2)38-31(43)40-26-18-21(32(33,34)35)8-10-27(26)42(4)23-13-16-41(3)19-23/h6-12,14-15,17-18,23H,5,13,16,19H2,1-4H3,(H2,38,40,43)/t23-/m1/s1. The molecule has 2 amide bonds. The Kier molecular flexibility index (Phi) is 9.00. The summed E-state index contributed by atoms with van der Waals surface area (Å²) in [6, 6.07) is 13.4. The predicted molar refractivity (Wildman–Crippen MR) is 164 cm³/mol. The zero-order chi connectivity index (χ0) is 31.4. The molecule has 3 heterocycles. The number of nitrogens with zero attached hydrogens (tertiary/aromatic N) is 5. The Morgan fingerprint density at radius 3 is 2.61 bits per heavy atom. The fourth-order valence-electron chi connectivity index (χ4n) is 5.16. The molecule has 44 heavy (non-hydrogen) atoms. The van der Waals surface area contributed by atoms with Gasteiger partial charge in [0.05, 0.1) is 28.2 Å². The van der Waals surface area contributed by atoms with Gasteiger partial charge in [-0.3, -0.25) is 0 Å². The first-order valence-corrected chi connectivity index (χ1v) is 14.3. The lowest BCUT2D eigenvalue weighted by Crippen LogP contribution is -2.34. The molecule has 0 saturated carbocycles. The van der Waals surface area contributed by atoms with Crippen LogP contribution in [0.3, 0.4) is 0 Å². The van der Waals surface area contributed by atoms with Gasteiger partial charge in [-0.2, -0.15) is 13.2 Å². The molecule has 0 bridgehead atoms. The van der Waals surface area contributed by atoms with Crippen molar-refractivity contribution in [2.75, 3.05) is 42.7 Å². The molecule has 0 spiro atoms. The number of pyridine rings is 1. The quantitative estimate of drug-likeness (QED) is 0.223. The molecule has 5 rings (SSSR count). The van der Waals surface area contributed by atoms with Crippen LogP contribution in [0.4, 0.5) is 35.0 Å². The number of hydrogen-bond acceptors (Lipinski definition) is 7. The van der Waals surface area contributed by atoms with Crippen molar-refractivity contribution in [3.05, 3.63) is 83.9 Å². The van der Waals surface area contributed by atoms with Crippen molar-refractivity contribution in [1.29, 1.82) is 0 Å². The second-order valence-corrected chi connectivity index (χ2v) is 10.8. The third kappa shape index (κ3) is 7.08. The number of aryl methyl sites for hydroxylation is 2. The minimum atomic E-state index is -4.55. The minimum Gasteiger partial charge on any atom is -0.438 e. The summed E-state index contributed by atoms with van der Waals surface area (Å²) in [5.74, 6) is 1.59. The molecule has 230 valence electrons. The number of alkyl halides is 3. The maximum atomic E-state index is 13.6. The van der Waals surface area contributed by atoms with Crippen LogP contribution in [0, 0.1) is 6.92 Å². The van der Waals surface area contributed by atoms with E-state index in [0.717, 1.165) is 31.6 Å². The largest absolute Gasteiger partial charge is 0.438 e. The van der Waals surface area contributed by atoms with Crippen LogP contribution in [-0.4, -0.2) is 59.1 Å². The van der Waals surface area contributed by atoms with Gasteiger partial charge in [0, 0.05) is 44.1 Å². The number of rotatable bonds is 8. The van der Waals surface area contributed by atoms with E-state index < -0.39 is 17.8 Å². The van der Waals surface area contributed by atoms with Crippen molar-refractivity contribution in [1.82, 2.24) is 19.9 Å². The predicted octanol–water partition coefficient (Wildman–Crippen LogP) is 7.00. The molecule has 1 aliphatic heterocycles. The minimum absolute atomic E-state index is 0.0738. The van der Waals surface area contributed by atoms with E-state index in [4.69, 9.17) is 4.74 Å². The zero-order valence-corrected chi connectivity index (χ0v) is 24.9. The number of hydrogen-bond donors (Lipinski definition) is 2. The molecule has 9 nitrogen and oxygen atoms in total. The third-order valence-electron chi connectivity index (χ3n) is 7.57. The highest BCUT2D eigenvalue weighted by Crippen LogP contribution is 2.37. The molecule has 2 aromatic carbocycles. The van der Waals surface area contributed by atoms with Crippen molar-refractivity contribution in [2.45, 2.75) is 38.9 Å². The molecule has 0 aliphatic carbocycles. The number of carbonyl (C=O) groups is 1. The molecule has 12 heteroatoms. The molecule has 1 fully saturated rings. The molecular formula is C32H34F3N7O2. The summed E-state index contributed by atoms with van der Waals surface area (Å²) < 4.78 is 46.8. The van der Waals surface area contributed by atoms with Crippen molar-refractivity contribution in [3.63, 3.8) is 0 Å². The van der Waals surface area contributed by atoms with E-state index in [1.165, 1.54) is 6.07 Å². The topological polar surface area (TPSA) is 95.5 Å². The van der Waals surface area contributed by atoms with Crippen LogP contribution in [0.25, 0.3) is 11.3 Å². The second-order valence-electron chi connectivity index (χ2n) is 10.8.